The number of halogens is 1. The number of benzene rings is 2. The summed E-state index contributed by atoms with van der Waals surface area (Å²) in [5.41, 5.74) is 1.95. The van der Waals surface area contributed by atoms with Crippen LogP contribution in [-0.4, -0.2) is 27.4 Å². The highest BCUT2D eigenvalue weighted by molar-refractivity contribution is 7.90. The van der Waals surface area contributed by atoms with Crippen LogP contribution in [0.2, 0.25) is 5.02 Å². The maximum atomic E-state index is 11.4. The van der Waals surface area contributed by atoms with E-state index in [1.165, 1.54) is 6.26 Å². The van der Waals surface area contributed by atoms with Crippen molar-refractivity contribution in [3.8, 4) is 0 Å². The maximum Gasteiger partial charge on any atom is 0.175 e. The Morgan fingerprint density at radius 2 is 1.76 bits per heavy atom. The summed E-state index contributed by atoms with van der Waals surface area (Å²) in [6.45, 7) is 0.628. The van der Waals surface area contributed by atoms with E-state index in [0.717, 1.165) is 17.5 Å². The minimum absolute atomic E-state index is 0.339. The van der Waals surface area contributed by atoms with Crippen LogP contribution in [0.15, 0.2) is 58.4 Å². The van der Waals surface area contributed by atoms with E-state index >= 15 is 0 Å². The van der Waals surface area contributed by atoms with Gasteiger partial charge in [0.05, 0.1) is 4.90 Å². The minimum Gasteiger partial charge on any atom is -0.292 e. The average molecular weight is 322 g/mol. The first-order chi connectivity index (χ1) is 9.97. The molecule has 0 radical (unpaired) electrons. The van der Waals surface area contributed by atoms with Crippen molar-refractivity contribution in [3.05, 3.63) is 64.7 Å². The molecule has 21 heavy (non-hydrogen) atoms. The number of rotatable bonds is 5. The van der Waals surface area contributed by atoms with Gasteiger partial charge in [0, 0.05) is 29.6 Å². The predicted octanol–water partition coefficient (Wildman–Crippen LogP) is 3.41. The molecule has 0 saturated heterocycles. The van der Waals surface area contributed by atoms with Gasteiger partial charge in [0.15, 0.2) is 9.84 Å². The normalized spacial score (nSPS) is 11.9. The lowest BCUT2D eigenvalue weighted by Crippen LogP contribution is -1.97. The molecule has 0 saturated carbocycles. The number of sulfone groups is 1. The van der Waals surface area contributed by atoms with E-state index in [9.17, 15) is 8.42 Å². The lowest BCUT2D eigenvalue weighted by Gasteiger charge is -2.01. The number of aliphatic imine (C=N–C) groups is 1. The van der Waals surface area contributed by atoms with Crippen LogP contribution in [0.4, 0.5) is 0 Å². The topological polar surface area (TPSA) is 46.5 Å². The molecule has 110 valence electrons. The molecule has 0 aliphatic carbocycles. The summed E-state index contributed by atoms with van der Waals surface area (Å²) in [7, 11) is -3.13. The standard InChI is InChI=1S/C16H16ClNO2S/c1-21(19,20)15-8-6-13(7-9-15)10-11-18-12-14-4-2-3-5-16(14)17/h2-9,12H,10-11H2,1H3. The third kappa shape index (κ3) is 4.69. The molecule has 2 aromatic carbocycles. The van der Waals surface area contributed by atoms with E-state index < -0.39 is 9.84 Å². The van der Waals surface area contributed by atoms with Crippen molar-refractivity contribution in [2.45, 2.75) is 11.3 Å². The molecule has 0 spiro atoms. The lowest BCUT2D eigenvalue weighted by atomic mass is 10.1. The van der Waals surface area contributed by atoms with Crippen LogP contribution in [0, 0.1) is 0 Å². The fourth-order valence-corrected chi connectivity index (χ4v) is 2.65. The zero-order valence-electron chi connectivity index (χ0n) is 11.7. The van der Waals surface area contributed by atoms with Crippen LogP contribution in [0.1, 0.15) is 11.1 Å². The van der Waals surface area contributed by atoms with Gasteiger partial charge in [-0.2, -0.15) is 0 Å². The summed E-state index contributed by atoms with van der Waals surface area (Å²) in [5.74, 6) is 0. The second kappa shape index (κ2) is 6.87. The molecule has 0 aromatic heterocycles. The Balaban J connectivity index is 1.94. The highest BCUT2D eigenvalue weighted by Gasteiger charge is 2.05. The third-order valence-corrected chi connectivity index (χ3v) is 4.49. The fourth-order valence-electron chi connectivity index (χ4n) is 1.84. The Kier molecular flexibility index (Phi) is 5.15. The smallest absolute Gasteiger partial charge is 0.175 e. The van der Waals surface area contributed by atoms with E-state index in [-0.39, 0.29) is 0 Å². The molecule has 0 amide bonds. The lowest BCUT2D eigenvalue weighted by molar-refractivity contribution is 0.602. The Hall–Kier alpha value is -1.65. The Bertz CT molecular complexity index is 737. The van der Waals surface area contributed by atoms with Gasteiger partial charge in [-0.3, -0.25) is 4.99 Å². The van der Waals surface area contributed by atoms with Crippen LogP contribution in [0.25, 0.3) is 0 Å². The molecule has 0 atom stereocenters. The minimum atomic E-state index is -3.13. The first-order valence-electron chi connectivity index (χ1n) is 6.50. The third-order valence-electron chi connectivity index (χ3n) is 3.02. The van der Waals surface area contributed by atoms with Crippen molar-refractivity contribution in [3.63, 3.8) is 0 Å². The van der Waals surface area contributed by atoms with Gasteiger partial charge in [-0.1, -0.05) is 41.9 Å². The fraction of sp³-hybridized carbons (Fsp3) is 0.188. The summed E-state index contributed by atoms with van der Waals surface area (Å²) >= 11 is 6.03. The van der Waals surface area contributed by atoms with Gasteiger partial charge in [-0.05, 0) is 30.2 Å². The average Bonchev–Trinajstić information content (AvgIpc) is 2.45. The summed E-state index contributed by atoms with van der Waals surface area (Å²) in [6, 6.07) is 14.4. The largest absolute Gasteiger partial charge is 0.292 e. The van der Waals surface area contributed by atoms with Crippen molar-refractivity contribution in [1.29, 1.82) is 0 Å². The molecule has 2 aromatic rings. The summed E-state index contributed by atoms with van der Waals surface area (Å²) in [6.07, 6.45) is 3.72. The van der Waals surface area contributed by atoms with Crippen molar-refractivity contribution in [2.75, 3.05) is 12.8 Å². The molecule has 0 heterocycles. The van der Waals surface area contributed by atoms with Crippen LogP contribution < -0.4 is 0 Å². The van der Waals surface area contributed by atoms with Gasteiger partial charge >= 0.3 is 0 Å². The quantitative estimate of drug-likeness (QED) is 0.792. The molecular formula is C16H16ClNO2S. The number of hydrogen-bond donors (Lipinski definition) is 0. The molecule has 0 aliphatic heterocycles. The molecule has 0 bridgehead atoms. The van der Waals surface area contributed by atoms with E-state index in [0.29, 0.717) is 16.5 Å². The molecule has 5 heteroatoms. The number of nitrogens with zero attached hydrogens (tertiary/aromatic N) is 1. The molecule has 2 rings (SSSR count). The molecule has 0 fully saturated rings. The van der Waals surface area contributed by atoms with Crippen molar-refractivity contribution >= 4 is 27.7 Å². The molecule has 0 unspecified atom stereocenters. The zero-order valence-corrected chi connectivity index (χ0v) is 13.2. The SMILES string of the molecule is CS(=O)(=O)c1ccc(CCN=Cc2ccccc2Cl)cc1. The first kappa shape index (κ1) is 15.7. The Labute approximate surface area is 130 Å². The second-order valence-corrected chi connectivity index (χ2v) is 7.15. The highest BCUT2D eigenvalue weighted by atomic mass is 35.5. The van der Waals surface area contributed by atoms with Crippen LogP contribution in [0.5, 0.6) is 0 Å². The Morgan fingerprint density at radius 1 is 1.10 bits per heavy atom. The van der Waals surface area contributed by atoms with Crippen LogP contribution in [0.3, 0.4) is 0 Å². The summed E-state index contributed by atoms with van der Waals surface area (Å²) in [5, 5.41) is 0.679. The van der Waals surface area contributed by atoms with Gasteiger partial charge in [0.25, 0.3) is 0 Å². The van der Waals surface area contributed by atoms with Gasteiger partial charge in [0.2, 0.25) is 0 Å². The zero-order chi connectivity index (χ0) is 15.3. The summed E-state index contributed by atoms with van der Waals surface area (Å²) < 4.78 is 22.7. The molecule has 0 aliphatic rings. The maximum absolute atomic E-state index is 11.4. The van der Waals surface area contributed by atoms with Gasteiger partial charge in [-0.25, -0.2) is 8.42 Å². The van der Waals surface area contributed by atoms with E-state index in [2.05, 4.69) is 4.99 Å². The highest BCUT2D eigenvalue weighted by Crippen LogP contribution is 2.13. The first-order valence-corrected chi connectivity index (χ1v) is 8.77. The van der Waals surface area contributed by atoms with Crippen molar-refractivity contribution in [1.82, 2.24) is 0 Å². The van der Waals surface area contributed by atoms with Crippen molar-refractivity contribution < 1.29 is 8.42 Å². The second-order valence-electron chi connectivity index (χ2n) is 4.72. The molecule has 0 N–H and O–H groups in total. The van der Waals surface area contributed by atoms with E-state index in [1.54, 1.807) is 18.3 Å². The molecular weight excluding hydrogens is 306 g/mol. The Morgan fingerprint density at radius 3 is 2.38 bits per heavy atom. The predicted molar refractivity (Wildman–Crippen MR) is 87.2 cm³/mol. The molecule has 3 nitrogen and oxygen atoms in total. The van der Waals surface area contributed by atoms with Crippen molar-refractivity contribution in [2.24, 2.45) is 4.99 Å². The monoisotopic (exact) mass is 321 g/mol. The number of hydrogen-bond acceptors (Lipinski definition) is 3. The van der Waals surface area contributed by atoms with Crippen LogP contribution in [-0.2, 0) is 16.3 Å². The van der Waals surface area contributed by atoms with Gasteiger partial charge in [0.1, 0.15) is 0 Å². The van der Waals surface area contributed by atoms with E-state index in [4.69, 9.17) is 11.6 Å². The van der Waals surface area contributed by atoms with Crippen LogP contribution >= 0.6 is 11.6 Å². The van der Waals surface area contributed by atoms with Gasteiger partial charge in [-0.15, -0.1) is 0 Å². The van der Waals surface area contributed by atoms with E-state index in [1.807, 2.05) is 36.4 Å². The van der Waals surface area contributed by atoms with Gasteiger partial charge < -0.3 is 0 Å². The summed E-state index contributed by atoms with van der Waals surface area (Å²) in [4.78, 5) is 4.68.